The molecule has 3 aromatic rings. The smallest absolute Gasteiger partial charge is 0.257 e. The van der Waals surface area contributed by atoms with E-state index in [1.807, 2.05) is 31.5 Å². The number of aliphatic hydroxyl groups excluding tert-OH is 1. The average molecular weight is 337 g/mol. The van der Waals surface area contributed by atoms with Gasteiger partial charge in [0.15, 0.2) is 5.82 Å². The van der Waals surface area contributed by atoms with Crippen molar-refractivity contribution in [2.24, 2.45) is 0 Å². The van der Waals surface area contributed by atoms with Crippen LogP contribution < -0.4 is 0 Å². The molecule has 0 amide bonds. The Labute approximate surface area is 148 Å². The molecule has 25 heavy (non-hydrogen) atoms. The lowest BCUT2D eigenvalue weighted by atomic mass is 10.1. The van der Waals surface area contributed by atoms with E-state index in [1.165, 1.54) is 5.39 Å². The number of aliphatic hydroxyl groups is 1. The van der Waals surface area contributed by atoms with Crippen LogP contribution in [0.15, 0.2) is 47.0 Å². The zero-order valence-electron chi connectivity index (χ0n) is 14.7. The first-order valence-corrected chi connectivity index (χ1v) is 9.10. The van der Waals surface area contributed by atoms with E-state index in [0.717, 1.165) is 49.5 Å². The van der Waals surface area contributed by atoms with Crippen LogP contribution in [0.4, 0.5) is 0 Å². The van der Waals surface area contributed by atoms with Crippen LogP contribution in [0, 0.1) is 6.42 Å². The third-order valence-corrected chi connectivity index (χ3v) is 4.48. The van der Waals surface area contributed by atoms with Crippen LogP contribution in [0.3, 0.4) is 0 Å². The molecule has 1 heterocycles. The first-order valence-electron chi connectivity index (χ1n) is 9.10. The minimum atomic E-state index is -0.148. The Balaban J connectivity index is 1.50. The topological polar surface area (TPSA) is 59.2 Å². The number of hydrogen-bond donors (Lipinski definition) is 1. The van der Waals surface area contributed by atoms with Gasteiger partial charge in [0, 0.05) is 12.0 Å². The van der Waals surface area contributed by atoms with Crippen LogP contribution in [0.25, 0.3) is 22.2 Å². The van der Waals surface area contributed by atoms with Gasteiger partial charge >= 0.3 is 0 Å². The molecule has 1 unspecified atom stereocenters. The molecule has 131 valence electrons. The first kappa shape index (κ1) is 17.6. The number of benzene rings is 2. The molecule has 1 N–H and O–H groups in total. The Morgan fingerprint density at radius 3 is 2.76 bits per heavy atom. The summed E-state index contributed by atoms with van der Waals surface area (Å²) in [4.78, 5) is 4.47. The predicted molar refractivity (Wildman–Crippen MR) is 100 cm³/mol. The van der Waals surface area contributed by atoms with Crippen molar-refractivity contribution in [3.63, 3.8) is 0 Å². The number of unbranched alkanes of at least 4 members (excludes halogenated alkanes) is 3. The summed E-state index contributed by atoms with van der Waals surface area (Å²) in [7, 11) is 0. The van der Waals surface area contributed by atoms with Gasteiger partial charge < -0.3 is 9.63 Å². The van der Waals surface area contributed by atoms with Crippen LogP contribution in [-0.4, -0.2) is 21.4 Å². The molecule has 0 aliphatic heterocycles. The van der Waals surface area contributed by atoms with Crippen molar-refractivity contribution >= 4 is 10.8 Å². The number of aromatic nitrogens is 2. The van der Waals surface area contributed by atoms with Crippen molar-refractivity contribution in [2.75, 3.05) is 0 Å². The zero-order valence-corrected chi connectivity index (χ0v) is 14.7. The summed E-state index contributed by atoms with van der Waals surface area (Å²) in [6.45, 7) is 2.02. The molecule has 0 aliphatic rings. The van der Waals surface area contributed by atoms with Gasteiger partial charge in [0.25, 0.3) is 5.89 Å². The van der Waals surface area contributed by atoms with Gasteiger partial charge in [0.1, 0.15) is 0 Å². The standard InChI is InChI=1S/C21H25N2O2/c1-2-19(24)11-5-3-4-6-12-20-22-21(25-23-20)18-14-13-16-9-7-8-10-17(16)15-18/h7-10,12-15,19,24H,2-6,11H2,1H3. The Morgan fingerprint density at radius 1 is 1.08 bits per heavy atom. The van der Waals surface area contributed by atoms with E-state index in [2.05, 4.69) is 34.4 Å². The van der Waals surface area contributed by atoms with Crippen LogP contribution in [0.2, 0.25) is 0 Å². The van der Waals surface area contributed by atoms with Crippen LogP contribution in [0.1, 0.15) is 51.3 Å². The number of hydrogen-bond acceptors (Lipinski definition) is 4. The van der Waals surface area contributed by atoms with E-state index in [-0.39, 0.29) is 6.10 Å². The third kappa shape index (κ3) is 4.89. The van der Waals surface area contributed by atoms with E-state index in [1.54, 1.807) is 0 Å². The molecule has 0 saturated carbocycles. The van der Waals surface area contributed by atoms with Crippen molar-refractivity contribution in [2.45, 2.75) is 51.6 Å². The molecular weight excluding hydrogens is 312 g/mol. The lowest BCUT2D eigenvalue weighted by molar-refractivity contribution is 0.156. The molecule has 1 atom stereocenters. The first-order chi connectivity index (χ1) is 12.3. The van der Waals surface area contributed by atoms with E-state index in [9.17, 15) is 5.11 Å². The van der Waals surface area contributed by atoms with E-state index >= 15 is 0 Å². The lowest BCUT2D eigenvalue weighted by Gasteiger charge is -2.06. The van der Waals surface area contributed by atoms with Crippen molar-refractivity contribution in [1.82, 2.24) is 10.1 Å². The third-order valence-electron chi connectivity index (χ3n) is 4.48. The second-order valence-electron chi connectivity index (χ2n) is 6.42. The molecule has 0 bridgehead atoms. The van der Waals surface area contributed by atoms with Crippen molar-refractivity contribution in [3.05, 3.63) is 54.7 Å². The van der Waals surface area contributed by atoms with Gasteiger partial charge in [-0.2, -0.15) is 4.98 Å². The quantitative estimate of drug-likeness (QED) is 0.548. The molecule has 1 radical (unpaired) electrons. The molecule has 4 nitrogen and oxygen atoms in total. The molecule has 2 aromatic carbocycles. The van der Waals surface area contributed by atoms with Crippen LogP contribution in [-0.2, 0) is 0 Å². The monoisotopic (exact) mass is 337 g/mol. The molecule has 4 heteroatoms. The minimum absolute atomic E-state index is 0.148. The van der Waals surface area contributed by atoms with Gasteiger partial charge in [0.05, 0.1) is 6.10 Å². The molecule has 0 spiro atoms. The Kier molecular flexibility index (Phi) is 6.18. The predicted octanol–water partition coefficient (Wildman–Crippen LogP) is 5.16. The van der Waals surface area contributed by atoms with Crippen molar-refractivity contribution in [1.29, 1.82) is 0 Å². The van der Waals surface area contributed by atoms with E-state index in [0.29, 0.717) is 11.7 Å². The molecule has 0 aliphatic carbocycles. The summed E-state index contributed by atoms with van der Waals surface area (Å²) >= 11 is 0. The molecular formula is C21H25N2O2. The fourth-order valence-electron chi connectivity index (χ4n) is 2.89. The highest BCUT2D eigenvalue weighted by molar-refractivity contribution is 5.86. The summed E-state index contributed by atoms with van der Waals surface area (Å²) in [5.74, 6) is 1.21. The van der Waals surface area contributed by atoms with Gasteiger partial charge in [0.2, 0.25) is 0 Å². The molecule has 0 saturated heterocycles. The van der Waals surface area contributed by atoms with Crippen molar-refractivity contribution in [3.8, 4) is 11.5 Å². The summed E-state index contributed by atoms with van der Waals surface area (Å²) in [5.41, 5.74) is 0.944. The normalized spacial score (nSPS) is 12.6. The maximum Gasteiger partial charge on any atom is 0.257 e. The zero-order chi connectivity index (χ0) is 17.5. The average Bonchev–Trinajstić information content (AvgIpc) is 3.12. The molecule has 1 aromatic heterocycles. The van der Waals surface area contributed by atoms with Gasteiger partial charge in [-0.25, -0.2) is 0 Å². The summed E-state index contributed by atoms with van der Waals surface area (Å²) < 4.78 is 5.40. The van der Waals surface area contributed by atoms with Crippen molar-refractivity contribution < 1.29 is 9.63 Å². The minimum Gasteiger partial charge on any atom is -0.393 e. The molecule has 0 fully saturated rings. The Hall–Kier alpha value is -2.20. The largest absolute Gasteiger partial charge is 0.393 e. The highest BCUT2D eigenvalue weighted by Gasteiger charge is 2.09. The lowest BCUT2D eigenvalue weighted by Crippen LogP contribution is -2.03. The maximum atomic E-state index is 9.53. The van der Waals surface area contributed by atoms with E-state index < -0.39 is 0 Å². The number of fused-ring (bicyclic) bond motifs is 1. The van der Waals surface area contributed by atoms with Gasteiger partial charge in [-0.15, -0.1) is 0 Å². The fraction of sp³-hybridized carbons (Fsp3) is 0.381. The highest BCUT2D eigenvalue weighted by Crippen LogP contribution is 2.23. The van der Waals surface area contributed by atoms with Crippen LogP contribution >= 0.6 is 0 Å². The summed E-state index contributed by atoms with van der Waals surface area (Å²) in [6.07, 6.45) is 7.79. The SMILES string of the molecule is CCC(O)CCCCC[CH]c1noc(-c2ccc3ccccc3c2)n1. The maximum absolute atomic E-state index is 9.53. The molecule has 3 rings (SSSR count). The second kappa shape index (κ2) is 8.77. The van der Waals surface area contributed by atoms with Gasteiger partial charge in [-0.3, -0.25) is 0 Å². The van der Waals surface area contributed by atoms with Crippen LogP contribution in [0.5, 0.6) is 0 Å². The Bertz CT molecular complexity index is 797. The van der Waals surface area contributed by atoms with Gasteiger partial charge in [-0.05, 0) is 42.2 Å². The number of rotatable bonds is 9. The van der Waals surface area contributed by atoms with Gasteiger partial charge in [-0.1, -0.05) is 61.7 Å². The summed E-state index contributed by atoms with van der Waals surface area (Å²) in [5, 5.41) is 15.9. The highest BCUT2D eigenvalue weighted by atomic mass is 16.5. The number of nitrogens with zero attached hydrogens (tertiary/aromatic N) is 2. The Morgan fingerprint density at radius 2 is 1.92 bits per heavy atom. The summed E-state index contributed by atoms with van der Waals surface area (Å²) in [6, 6.07) is 14.4. The second-order valence-corrected chi connectivity index (χ2v) is 6.42. The fourth-order valence-corrected chi connectivity index (χ4v) is 2.89. The van der Waals surface area contributed by atoms with E-state index in [4.69, 9.17) is 4.52 Å².